The molecule has 13 nitrogen and oxygen atoms in total. The summed E-state index contributed by atoms with van der Waals surface area (Å²) in [5.74, 6) is -7.31. The topological polar surface area (TPSA) is 157 Å². The molecule has 0 spiro atoms. The van der Waals surface area contributed by atoms with Gasteiger partial charge in [-0.25, -0.2) is 4.98 Å². The standard InChI is InChI=1S/C48H40Cl2F3N7O6/c1-58(2)31-15-11-29(12-16-31)55-56-30-13-17-32(18-14-30)59-43(62)35-20-19-33-36(40(35)45(59)64)24-37-44(63)60(57-42-38(50)23-27(25-54-42)48(51,52)53)46(65)47(37,26-7-9-28(49)10-8-26)41(33)34-5-3-4-6-39(34)66-22-21-61/h3-19,23,25,35-37,40-41,61H,20-22,24H2,1-2H3,(H,54,57)/t35-,36+,37-,40-,41+,47+/m0/s1. The molecule has 4 aromatic carbocycles. The summed E-state index contributed by atoms with van der Waals surface area (Å²) in [6.45, 7) is -0.449. The van der Waals surface area contributed by atoms with Crippen molar-refractivity contribution in [3.8, 4) is 5.75 Å². The number of hydrogen-bond acceptors (Lipinski definition) is 11. The van der Waals surface area contributed by atoms with Crippen LogP contribution in [0.3, 0.4) is 0 Å². The number of carbonyl (C=O) groups excluding carboxylic acids is 4. The summed E-state index contributed by atoms with van der Waals surface area (Å²) in [7, 11) is 3.87. The first kappa shape index (κ1) is 44.6. The summed E-state index contributed by atoms with van der Waals surface area (Å²) in [6, 6.07) is 28.0. The van der Waals surface area contributed by atoms with Crippen LogP contribution in [-0.2, 0) is 30.8 Å². The second kappa shape index (κ2) is 17.3. The first-order valence-electron chi connectivity index (χ1n) is 21.0. The van der Waals surface area contributed by atoms with Crippen molar-refractivity contribution < 1.29 is 42.2 Å². The van der Waals surface area contributed by atoms with Crippen molar-refractivity contribution in [2.75, 3.05) is 42.5 Å². The fraction of sp³-hybridized carbons (Fsp3) is 0.271. The number of imide groups is 2. The highest BCUT2D eigenvalue weighted by Gasteiger charge is 2.71. The largest absolute Gasteiger partial charge is 0.491 e. The number of amides is 4. The quantitative estimate of drug-likeness (QED) is 0.0748. The van der Waals surface area contributed by atoms with E-state index in [1.54, 1.807) is 72.8 Å². The molecule has 0 unspecified atom stereocenters. The third kappa shape index (κ3) is 7.55. The number of nitrogens with one attached hydrogen (secondary N) is 1. The highest BCUT2D eigenvalue weighted by Crippen LogP contribution is 2.65. The zero-order valence-corrected chi connectivity index (χ0v) is 36.8. The van der Waals surface area contributed by atoms with E-state index < -0.39 is 75.4 Å². The fourth-order valence-corrected chi connectivity index (χ4v) is 10.3. The van der Waals surface area contributed by atoms with Crippen LogP contribution in [0.5, 0.6) is 5.75 Å². The van der Waals surface area contributed by atoms with Crippen LogP contribution in [0.4, 0.5) is 41.7 Å². The van der Waals surface area contributed by atoms with Gasteiger partial charge in [0.2, 0.25) is 11.8 Å². The summed E-state index contributed by atoms with van der Waals surface area (Å²) in [4.78, 5) is 66.9. The van der Waals surface area contributed by atoms with Crippen LogP contribution in [0, 0.1) is 23.7 Å². The minimum absolute atomic E-state index is 0.0789. The first-order chi connectivity index (χ1) is 31.6. The Hall–Kier alpha value is -6.62. The maximum Gasteiger partial charge on any atom is 0.417 e. The van der Waals surface area contributed by atoms with Crippen molar-refractivity contribution in [2.24, 2.45) is 33.9 Å². The summed E-state index contributed by atoms with van der Waals surface area (Å²) in [5, 5.41) is 19.0. The summed E-state index contributed by atoms with van der Waals surface area (Å²) < 4.78 is 46.9. The van der Waals surface area contributed by atoms with Crippen LogP contribution >= 0.6 is 23.2 Å². The Morgan fingerprint density at radius 2 is 1.55 bits per heavy atom. The smallest absolute Gasteiger partial charge is 0.417 e. The Labute approximate surface area is 386 Å². The second-order valence-electron chi connectivity index (χ2n) is 16.7. The number of aliphatic hydroxyl groups excluding tert-OH is 1. The normalized spacial score (nSPS) is 23.8. The van der Waals surface area contributed by atoms with Crippen molar-refractivity contribution in [1.29, 1.82) is 0 Å². The SMILES string of the molecule is CN(C)c1ccc(N=Nc2ccc(N3C(=O)[C@H]4[C@H](CC=C5[C@H]4C[C@H]4C(=O)N(Nc6ncc(C(F)(F)F)cc6Cl)C(=O)[C@@]4(c4ccc(Cl)cc4)[C@H]5c4ccccc4OCCO)C3=O)cc2)cc1. The molecule has 3 fully saturated rings. The Kier molecular flexibility index (Phi) is 11.7. The minimum Gasteiger partial charge on any atom is -0.491 e. The van der Waals surface area contributed by atoms with Crippen LogP contribution in [0.25, 0.3) is 0 Å². The van der Waals surface area contributed by atoms with Gasteiger partial charge in [-0.05, 0) is 97.1 Å². The van der Waals surface area contributed by atoms with Crippen LogP contribution in [0.15, 0.2) is 131 Å². The molecule has 66 heavy (non-hydrogen) atoms. The van der Waals surface area contributed by atoms with Crippen LogP contribution in [-0.4, -0.2) is 66.0 Å². The summed E-state index contributed by atoms with van der Waals surface area (Å²) >= 11 is 12.7. The Balaban J connectivity index is 1.12. The third-order valence-corrected chi connectivity index (χ3v) is 13.4. The van der Waals surface area contributed by atoms with Crippen molar-refractivity contribution in [1.82, 2.24) is 9.99 Å². The lowest BCUT2D eigenvalue weighted by Crippen LogP contribution is -2.53. The molecule has 2 N–H and O–H groups in total. The van der Waals surface area contributed by atoms with Gasteiger partial charge in [0.05, 0.1) is 57.4 Å². The lowest BCUT2D eigenvalue weighted by molar-refractivity contribution is -0.139. The van der Waals surface area contributed by atoms with Gasteiger partial charge in [-0.3, -0.25) is 29.5 Å². The van der Waals surface area contributed by atoms with Crippen molar-refractivity contribution in [2.45, 2.75) is 30.4 Å². The van der Waals surface area contributed by atoms with Gasteiger partial charge in [0.25, 0.3) is 11.8 Å². The number of alkyl halides is 3. The second-order valence-corrected chi connectivity index (χ2v) is 17.5. The minimum atomic E-state index is -4.77. The Morgan fingerprint density at radius 3 is 2.18 bits per heavy atom. The molecule has 9 rings (SSSR count). The van der Waals surface area contributed by atoms with E-state index in [1.807, 2.05) is 49.3 Å². The van der Waals surface area contributed by atoms with Gasteiger partial charge < -0.3 is 14.7 Å². The highest BCUT2D eigenvalue weighted by atomic mass is 35.5. The zero-order chi connectivity index (χ0) is 46.7. The molecular formula is C48H40Cl2F3N7O6. The number of aliphatic hydroxyl groups is 1. The van der Waals surface area contributed by atoms with E-state index in [2.05, 4.69) is 20.6 Å². The number of halogens is 5. The number of ether oxygens (including phenoxy) is 1. The van der Waals surface area contributed by atoms with E-state index in [-0.39, 0.29) is 31.9 Å². The number of benzene rings is 4. The monoisotopic (exact) mass is 937 g/mol. The molecule has 4 aliphatic rings. The van der Waals surface area contributed by atoms with Gasteiger partial charge in [-0.15, -0.1) is 0 Å². The summed E-state index contributed by atoms with van der Waals surface area (Å²) in [6.07, 6.45) is -2.31. The van der Waals surface area contributed by atoms with E-state index in [0.29, 0.717) is 56.8 Å². The Bertz CT molecular complexity index is 2810. The van der Waals surface area contributed by atoms with E-state index in [1.165, 1.54) is 0 Å². The molecule has 5 aromatic rings. The first-order valence-corrected chi connectivity index (χ1v) is 21.7. The number of carbonyl (C=O) groups is 4. The molecule has 1 saturated carbocycles. The predicted octanol–water partition coefficient (Wildman–Crippen LogP) is 9.45. The molecular weight excluding hydrogens is 898 g/mol. The molecule has 0 bridgehead atoms. The van der Waals surface area contributed by atoms with Gasteiger partial charge >= 0.3 is 6.18 Å². The van der Waals surface area contributed by atoms with Gasteiger partial charge in [-0.1, -0.05) is 65.2 Å². The molecule has 18 heteroatoms. The van der Waals surface area contributed by atoms with Crippen LogP contribution in [0.1, 0.15) is 35.4 Å². The number of hydrazine groups is 1. The third-order valence-electron chi connectivity index (χ3n) is 12.9. The highest BCUT2D eigenvalue weighted by molar-refractivity contribution is 6.33. The average molecular weight is 939 g/mol. The number of nitrogens with zero attached hydrogens (tertiary/aromatic N) is 6. The zero-order valence-electron chi connectivity index (χ0n) is 35.2. The number of pyridine rings is 1. The molecule has 6 atom stereocenters. The number of allylic oxidation sites excluding steroid dienone is 2. The van der Waals surface area contributed by atoms with Crippen molar-refractivity contribution in [3.63, 3.8) is 0 Å². The summed E-state index contributed by atoms with van der Waals surface area (Å²) in [5.41, 5.74) is 3.63. The molecule has 2 aliphatic heterocycles. The number of hydrogen-bond donors (Lipinski definition) is 2. The average Bonchev–Trinajstić information content (AvgIpc) is 3.68. The Morgan fingerprint density at radius 1 is 0.879 bits per heavy atom. The molecule has 2 aliphatic carbocycles. The van der Waals surface area contributed by atoms with Crippen LogP contribution < -0.4 is 20.0 Å². The van der Waals surface area contributed by atoms with Crippen LogP contribution in [0.2, 0.25) is 10.0 Å². The van der Waals surface area contributed by atoms with E-state index >= 15 is 9.59 Å². The molecule has 3 heterocycles. The molecule has 2 saturated heterocycles. The van der Waals surface area contributed by atoms with Gasteiger partial charge in [0.15, 0.2) is 5.82 Å². The van der Waals surface area contributed by atoms with Gasteiger partial charge in [0.1, 0.15) is 12.4 Å². The molecule has 0 radical (unpaired) electrons. The molecule has 1 aromatic heterocycles. The lowest BCUT2D eigenvalue weighted by Gasteiger charge is -2.50. The molecule has 4 amide bonds. The molecule has 338 valence electrons. The number of azo groups is 1. The number of para-hydroxylation sites is 1. The number of aromatic nitrogens is 1. The number of rotatable bonds is 11. The number of fused-ring (bicyclic) bond motifs is 4. The number of anilines is 3. The van der Waals surface area contributed by atoms with Gasteiger partial charge in [-0.2, -0.15) is 28.4 Å². The predicted molar refractivity (Wildman–Crippen MR) is 240 cm³/mol. The van der Waals surface area contributed by atoms with Crippen molar-refractivity contribution >= 4 is 75.4 Å². The fourth-order valence-electron chi connectivity index (χ4n) is 9.99. The van der Waals surface area contributed by atoms with E-state index in [9.17, 15) is 27.9 Å². The maximum atomic E-state index is 15.6. The van der Waals surface area contributed by atoms with Crippen molar-refractivity contribution in [3.05, 3.63) is 148 Å². The lowest BCUT2D eigenvalue weighted by atomic mass is 9.49. The van der Waals surface area contributed by atoms with Gasteiger partial charge in [0, 0.05) is 42.5 Å². The van der Waals surface area contributed by atoms with E-state index in [4.69, 9.17) is 27.9 Å². The van der Waals surface area contributed by atoms with E-state index in [0.717, 1.165) is 15.6 Å². The maximum absolute atomic E-state index is 15.6.